The highest BCUT2D eigenvalue weighted by Crippen LogP contribution is 2.31. The molecule has 1 aromatic heterocycles. The number of hydrogen-bond donors (Lipinski definition) is 1. The molecule has 0 aromatic carbocycles. The van der Waals surface area contributed by atoms with Crippen LogP contribution in [-0.4, -0.2) is 59.4 Å². The summed E-state index contributed by atoms with van der Waals surface area (Å²) in [6.45, 7) is 7.74. The summed E-state index contributed by atoms with van der Waals surface area (Å²) in [5.74, 6) is 0.801. The largest absolute Gasteiger partial charge is 0.369 e. The number of rotatable bonds is 5. The van der Waals surface area contributed by atoms with Crippen LogP contribution in [0, 0.1) is 5.92 Å². The number of hydrogen-bond acceptors (Lipinski definition) is 6. The molecule has 3 rings (SSSR count). The standard InChI is InChI=1S/C17H26N4O3/c1-13(2)3-6-18-15-12-19-14(11-20-15)16(22)21-7-4-17(5-8-21)23-9-10-24-17/h11-13H,3-10H2,1-2H3,(H,18,20). The van der Waals surface area contributed by atoms with Gasteiger partial charge in [-0.2, -0.15) is 0 Å². The maximum atomic E-state index is 12.5. The average Bonchev–Trinajstić information content (AvgIpc) is 3.03. The summed E-state index contributed by atoms with van der Waals surface area (Å²) in [6.07, 6.45) is 5.67. The number of amides is 1. The molecule has 1 spiro atoms. The maximum Gasteiger partial charge on any atom is 0.274 e. The Hall–Kier alpha value is -1.73. The molecule has 24 heavy (non-hydrogen) atoms. The normalized spacial score (nSPS) is 19.9. The Labute approximate surface area is 142 Å². The molecule has 132 valence electrons. The number of carbonyl (C=O) groups is 1. The molecule has 7 heteroatoms. The summed E-state index contributed by atoms with van der Waals surface area (Å²) in [5.41, 5.74) is 0.383. The fourth-order valence-corrected chi connectivity index (χ4v) is 3.02. The lowest BCUT2D eigenvalue weighted by Gasteiger charge is -2.37. The molecule has 0 unspecified atom stereocenters. The number of nitrogens with one attached hydrogen (secondary N) is 1. The average molecular weight is 334 g/mol. The van der Waals surface area contributed by atoms with E-state index in [2.05, 4.69) is 29.1 Å². The quantitative estimate of drug-likeness (QED) is 0.886. The van der Waals surface area contributed by atoms with Crippen molar-refractivity contribution < 1.29 is 14.3 Å². The monoisotopic (exact) mass is 334 g/mol. The van der Waals surface area contributed by atoms with Gasteiger partial charge in [-0.15, -0.1) is 0 Å². The first-order valence-electron chi connectivity index (χ1n) is 8.71. The zero-order chi connectivity index (χ0) is 17.0. The van der Waals surface area contributed by atoms with E-state index in [0.29, 0.717) is 56.6 Å². The maximum absolute atomic E-state index is 12.5. The van der Waals surface area contributed by atoms with Crippen LogP contribution in [0.25, 0.3) is 0 Å². The zero-order valence-electron chi connectivity index (χ0n) is 14.5. The molecule has 1 N–H and O–H groups in total. The van der Waals surface area contributed by atoms with Gasteiger partial charge in [0.15, 0.2) is 5.79 Å². The van der Waals surface area contributed by atoms with Crippen molar-refractivity contribution in [2.45, 2.75) is 38.9 Å². The lowest BCUT2D eigenvalue weighted by Crippen LogP contribution is -2.47. The summed E-state index contributed by atoms with van der Waals surface area (Å²) in [5, 5.41) is 3.22. The molecular weight excluding hydrogens is 308 g/mol. The number of likely N-dealkylation sites (tertiary alicyclic amines) is 1. The fraction of sp³-hybridized carbons (Fsp3) is 0.706. The van der Waals surface area contributed by atoms with Crippen LogP contribution in [0.15, 0.2) is 12.4 Å². The number of nitrogens with zero attached hydrogens (tertiary/aromatic N) is 3. The van der Waals surface area contributed by atoms with Crippen LogP contribution in [0.4, 0.5) is 5.82 Å². The topological polar surface area (TPSA) is 76.6 Å². The molecule has 0 atom stereocenters. The number of aromatic nitrogens is 2. The number of carbonyl (C=O) groups excluding carboxylic acids is 1. The molecule has 2 aliphatic heterocycles. The van der Waals surface area contributed by atoms with Crippen molar-refractivity contribution in [2.24, 2.45) is 5.92 Å². The third-order valence-electron chi connectivity index (χ3n) is 4.52. The van der Waals surface area contributed by atoms with E-state index in [0.717, 1.165) is 13.0 Å². The van der Waals surface area contributed by atoms with E-state index in [1.54, 1.807) is 17.3 Å². The van der Waals surface area contributed by atoms with Crippen molar-refractivity contribution in [1.29, 1.82) is 0 Å². The molecule has 1 aromatic rings. The SMILES string of the molecule is CC(C)CCNc1cnc(C(=O)N2CCC3(CC2)OCCO3)cn1. The van der Waals surface area contributed by atoms with Gasteiger partial charge < -0.3 is 19.7 Å². The minimum atomic E-state index is -0.466. The third kappa shape index (κ3) is 4.02. The Morgan fingerprint density at radius 3 is 2.54 bits per heavy atom. The first-order chi connectivity index (χ1) is 11.6. The van der Waals surface area contributed by atoms with Crippen LogP contribution in [0.3, 0.4) is 0 Å². The smallest absolute Gasteiger partial charge is 0.274 e. The van der Waals surface area contributed by atoms with Gasteiger partial charge in [0, 0.05) is 32.5 Å². The van der Waals surface area contributed by atoms with Crippen molar-refractivity contribution >= 4 is 11.7 Å². The second-order valence-electron chi connectivity index (χ2n) is 6.80. The summed E-state index contributed by atoms with van der Waals surface area (Å²) >= 11 is 0. The van der Waals surface area contributed by atoms with Crippen LogP contribution in [0.1, 0.15) is 43.6 Å². The van der Waals surface area contributed by atoms with Gasteiger partial charge in [-0.3, -0.25) is 4.79 Å². The molecule has 0 radical (unpaired) electrons. The van der Waals surface area contributed by atoms with Crippen LogP contribution in [0.2, 0.25) is 0 Å². The highest BCUT2D eigenvalue weighted by molar-refractivity contribution is 5.92. The molecule has 2 fully saturated rings. The Kier molecular flexibility index (Phi) is 5.30. The van der Waals surface area contributed by atoms with Gasteiger partial charge in [-0.05, 0) is 12.3 Å². The van der Waals surface area contributed by atoms with Gasteiger partial charge in [-0.25, -0.2) is 9.97 Å². The molecule has 0 bridgehead atoms. The van der Waals surface area contributed by atoms with Gasteiger partial charge in [0.1, 0.15) is 11.5 Å². The van der Waals surface area contributed by atoms with Crippen molar-refractivity contribution in [3.05, 3.63) is 18.1 Å². The lowest BCUT2D eigenvalue weighted by atomic mass is 10.0. The second kappa shape index (κ2) is 7.44. The van der Waals surface area contributed by atoms with Crippen molar-refractivity contribution in [3.63, 3.8) is 0 Å². The van der Waals surface area contributed by atoms with E-state index >= 15 is 0 Å². The summed E-state index contributed by atoms with van der Waals surface area (Å²) < 4.78 is 11.4. The highest BCUT2D eigenvalue weighted by Gasteiger charge is 2.41. The zero-order valence-corrected chi connectivity index (χ0v) is 14.5. The predicted molar refractivity (Wildman–Crippen MR) is 89.7 cm³/mol. The Morgan fingerprint density at radius 2 is 1.96 bits per heavy atom. The molecule has 7 nitrogen and oxygen atoms in total. The van der Waals surface area contributed by atoms with Crippen molar-refractivity contribution in [2.75, 3.05) is 38.2 Å². The molecule has 1 amide bonds. The predicted octanol–water partition coefficient (Wildman–Crippen LogP) is 1.91. The fourth-order valence-electron chi connectivity index (χ4n) is 3.02. The van der Waals surface area contributed by atoms with Gasteiger partial charge in [0.25, 0.3) is 5.91 Å². The Bertz CT molecular complexity index is 545. The highest BCUT2D eigenvalue weighted by atomic mass is 16.7. The van der Waals surface area contributed by atoms with E-state index in [1.807, 2.05) is 0 Å². The van der Waals surface area contributed by atoms with Gasteiger partial charge in [0.2, 0.25) is 0 Å². The Morgan fingerprint density at radius 1 is 1.25 bits per heavy atom. The van der Waals surface area contributed by atoms with Gasteiger partial charge >= 0.3 is 0 Å². The van der Waals surface area contributed by atoms with E-state index in [1.165, 1.54) is 0 Å². The van der Waals surface area contributed by atoms with Crippen LogP contribution >= 0.6 is 0 Å². The summed E-state index contributed by atoms with van der Waals surface area (Å²) in [4.78, 5) is 22.9. The minimum Gasteiger partial charge on any atom is -0.369 e. The minimum absolute atomic E-state index is 0.0796. The molecule has 3 heterocycles. The molecular formula is C17H26N4O3. The molecule has 0 saturated carbocycles. The first kappa shape index (κ1) is 17.1. The van der Waals surface area contributed by atoms with Crippen LogP contribution < -0.4 is 5.32 Å². The Balaban J connectivity index is 1.52. The van der Waals surface area contributed by atoms with Crippen LogP contribution in [0.5, 0.6) is 0 Å². The van der Waals surface area contributed by atoms with E-state index in [4.69, 9.17) is 9.47 Å². The van der Waals surface area contributed by atoms with Crippen LogP contribution in [-0.2, 0) is 9.47 Å². The van der Waals surface area contributed by atoms with Gasteiger partial charge in [0.05, 0.1) is 25.6 Å². The summed E-state index contributed by atoms with van der Waals surface area (Å²) in [6, 6.07) is 0. The van der Waals surface area contributed by atoms with Crippen molar-refractivity contribution in [1.82, 2.24) is 14.9 Å². The van der Waals surface area contributed by atoms with E-state index in [-0.39, 0.29) is 5.91 Å². The molecule has 2 saturated heterocycles. The summed E-state index contributed by atoms with van der Waals surface area (Å²) in [7, 11) is 0. The van der Waals surface area contributed by atoms with Gasteiger partial charge in [-0.1, -0.05) is 13.8 Å². The van der Waals surface area contributed by atoms with Crippen molar-refractivity contribution in [3.8, 4) is 0 Å². The second-order valence-corrected chi connectivity index (χ2v) is 6.80. The number of piperidine rings is 1. The lowest BCUT2D eigenvalue weighted by molar-refractivity contribution is -0.181. The molecule has 2 aliphatic rings. The van der Waals surface area contributed by atoms with E-state index in [9.17, 15) is 4.79 Å². The number of anilines is 1. The van der Waals surface area contributed by atoms with E-state index < -0.39 is 5.79 Å². The third-order valence-corrected chi connectivity index (χ3v) is 4.52. The number of ether oxygens (including phenoxy) is 2. The first-order valence-corrected chi connectivity index (χ1v) is 8.71. The molecule has 0 aliphatic carbocycles.